The summed E-state index contributed by atoms with van der Waals surface area (Å²) in [6, 6.07) is -1.22. The molecule has 1 atom stereocenters. The summed E-state index contributed by atoms with van der Waals surface area (Å²) in [6.45, 7) is 4.37. The maximum Gasteiger partial charge on any atom is 0.324 e. The van der Waals surface area contributed by atoms with Crippen molar-refractivity contribution in [3.05, 3.63) is 0 Å². The molecule has 0 saturated carbocycles. The second-order valence-corrected chi connectivity index (χ2v) is 8.10. The zero-order valence-corrected chi connectivity index (χ0v) is 13.1. The minimum absolute atomic E-state index is 0.0188. The Balaban J connectivity index is 2.62. The molecular weight excluding hydrogens is 300 g/mol. The molecule has 2 N–H and O–H groups in total. The van der Waals surface area contributed by atoms with E-state index in [4.69, 9.17) is 5.11 Å². The summed E-state index contributed by atoms with van der Waals surface area (Å²) in [7, 11) is -3.15. The van der Waals surface area contributed by atoms with Crippen molar-refractivity contribution in [1.82, 2.24) is 10.2 Å². The van der Waals surface area contributed by atoms with Gasteiger partial charge in [0.2, 0.25) is 5.91 Å². The van der Waals surface area contributed by atoms with Crippen LogP contribution in [0.2, 0.25) is 0 Å². The first-order valence-electron chi connectivity index (χ1n) is 6.49. The van der Waals surface area contributed by atoms with Gasteiger partial charge in [-0.1, -0.05) is 0 Å². The molecule has 9 heteroatoms. The first-order valence-corrected chi connectivity index (χ1v) is 8.31. The fourth-order valence-electron chi connectivity index (χ4n) is 2.01. The highest BCUT2D eigenvalue weighted by Crippen LogP contribution is 2.20. The number of hydrogen-bond acceptors (Lipinski definition) is 5. The second kappa shape index (κ2) is 6.00. The molecule has 1 rings (SSSR count). The molecule has 3 amide bonds. The third-order valence-corrected chi connectivity index (χ3v) is 5.15. The average Bonchev–Trinajstić information content (AvgIpc) is 2.25. The second-order valence-electron chi connectivity index (χ2n) is 5.88. The number of nitrogens with zero attached hydrogens (tertiary/aromatic N) is 1. The summed E-state index contributed by atoms with van der Waals surface area (Å²) in [5, 5.41) is 11.0. The predicted molar refractivity (Wildman–Crippen MR) is 74.4 cm³/mol. The lowest BCUT2D eigenvalue weighted by Gasteiger charge is -2.33. The van der Waals surface area contributed by atoms with Gasteiger partial charge >= 0.3 is 12.0 Å². The van der Waals surface area contributed by atoms with Crippen molar-refractivity contribution in [2.75, 3.05) is 18.1 Å². The van der Waals surface area contributed by atoms with Gasteiger partial charge in [-0.2, -0.15) is 0 Å². The van der Waals surface area contributed by atoms with Crippen molar-refractivity contribution in [3.63, 3.8) is 0 Å². The molecular formula is C12H20N2O6S. The quantitative estimate of drug-likeness (QED) is 0.745. The molecule has 0 aliphatic carbocycles. The molecule has 1 saturated heterocycles. The molecule has 1 unspecified atom stereocenters. The zero-order chi connectivity index (χ0) is 16.4. The van der Waals surface area contributed by atoms with Gasteiger partial charge in [-0.25, -0.2) is 13.2 Å². The van der Waals surface area contributed by atoms with Crippen molar-refractivity contribution in [3.8, 4) is 0 Å². The number of sulfone groups is 1. The van der Waals surface area contributed by atoms with E-state index >= 15 is 0 Å². The summed E-state index contributed by atoms with van der Waals surface area (Å²) in [4.78, 5) is 35.8. The van der Waals surface area contributed by atoms with Crippen LogP contribution in [0.3, 0.4) is 0 Å². The Kier molecular flexibility index (Phi) is 4.98. The zero-order valence-electron chi connectivity index (χ0n) is 12.2. The first-order chi connectivity index (χ1) is 9.44. The summed E-state index contributed by atoms with van der Waals surface area (Å²) in [5.74, 6) is -2.12. The van der Waals surface area contributed by atoms with E-state index in [0.717, 1.165) is 0 Å². The minimum Gasteiger partial charge on any atom is -0.481 e. The van der Waals surface area contributed by atoms with Gasteiger partial charge in [0.05, 0.1) is 16.9 Å². The number of imide groups is 1. The number of urea groups is 1. The van der Waals surface area contributed by atoms with E-state index in [9.17, 15) is 22.8 Å². The average molecular weight is 320 g/mol. The maximum absolute atomic E-state index is 11.9. The van der Waals surface area contributed by atoms with Crippen LogP contribution in [0.4, 0.5) is 4.79 Å². The number of amides is 3. The first kappa shape index (κ1) is 17.4. The number of nitrogens with one attached hydrogen (secondary N) is 1. The lowest BCUT2D eigenvalue weighted by Crippen LogP contribution is -2.54. The predicted octanol–water partition coefficient (Wildman–Crippen LogP) is -0.158. The Morgan fingerprint density at radius 1 is 1.33 bits per heavy atom. The Bertz CT molecular complexity index is 554. The highest BCUT2D eigenvalue weighted by atomic mass is 32.2. The largest absolute Gasteiger partial charge is 0.481 e. The van der Waals surface area contributed by atoms with Crippen LogP contribution in [0.5, 0.6) is 0 Å². The van der Waals surface area contributed by atoms with Gasteiger partial charge in [-0.3, -0.25) is 14.9 Å². The molecule has 0 bridgehead atoms. The van der Waals surface area contributed by atoms with Crippen LogP contribution >= 0.6 is 0 Å². The highest BCUT2D eigenvalue weighted by molar-refractivity contribution is 7.91. The van der Waals surface area contributed by atoms with Gasteiger partial charge < -0.3 is 10.0 Å². The van der Waals surface area contributed by atoms with Crippen LogP contribution in [0.15, 0.2) is 0 Å². The number of hydrogen-bond donors (Lipinski definition) is 2. The van der Waals surface area contributed by atoms with E-state index in [0.29, 0.717) is 0 Å². The third kappa shape index (κ3) is 4.69. The lowest BCUT2D eigenvalue weighted by molar-refractivity contribution is -0.149. The monoisotopic (exact) mass is 320 g/mol. The summed E-state index contributed by atoms with van der Waals surface area (Å²) >= 11 is 0. The fourth-order valence-corrected chi connectivity index (χ4v) is 3.57. The maximum atomic E-state index is 11.9. The van der Waals surface area contributed by atoms with Gasteiger partial charge in [0.1, 0.15) is 0 Å². The van der Waals surface area contributed by atoms with Crippen LogP contribution in [-0.4, -0.2) is 60.4 Å². The Labute approximate surface area is 123 Å². The topological polar surface area (TPSA) is 121 Å². The summed E-state index contributed by atoms with van der Waals surface area (Å²) in [6.07, 6.45) is -0.339. The van der Waals surface area contributed by atoms with Gasteiger partial charge in [-0.05, 0) is 20.8 Å². The molecule has 21 heavy (non-hydrogen) atoms. The molecule has 1 heterocycles. The van der Waals surface area contributed by atoms with E-state index in [1.54, 1.807) is 6.92 Å². The van der Waals surface area contributed by atoms with Gasteiger partial charge in [-0.15, -0.1) is 0 Å². The molecule has 0 spiro atoms. The van der Waals surface area contributed by atoms with Crippen LogP contribution in [0.25, 0.3) is 0 Å². The van der Waals surface area contributed by atoms with Crippen LogP contribution < -0.4 is 5.32 Å². The van der Waals surface area contributed by atoms with Gasteiger partial charge in [0, 0.05) is 19.0 Å². The van der Waals surface area contributed by atoms with Gasteiger partial charge in [0.25, 0.3) is 0 Å². The fraction of sp³-hybridized carbons (Fsp3) is 0.750. The van der Waals surface area contributed by atoms with Crippen molar-refractivity contribution in [2.24, 2.45) is 5.41 Å². The smallest absolute Gasteiger partial charge is 0.324 e. The number of carboxylic acid groups (broad SMARTS) is 1. The number of rotatable bonds is 3. The van der Waals surface area contributed by atoms with E-state index in [1.807, 2.05) is 0 Å². The number of carboxylic acids is 1. The Hall–Kier alpha value is -1.64. The Morgan fingerprint density at radius 3 is 2.38 bits per heavy atom. The van der Waals surface area contributed by atoms with Crippen LogP contribution in [-0.2, 0) is 19.4 Å². The molecule has 0 radical (unpaired) electrons. The molecule has 0 aromatic heterocycles. The number of aliphatic carboxylic acids is 1. The molecule has 0 aromatic rings. The standard InChI is InChI=1S/C12H20N2O6S/c1-8-7-21(19,20)5-4-14(8)11(18)13-9(15)6-12(2,3)10(16)17/h8H,4-7H2,1-3H3,(H,16,17)(H,13,15,18). The highest BCUT2D eigenvalue weighted by Gasteiger charge is 2.34. The molecule has 1 aliphatic heterocycles. The normalized spacial score (nSPS) is 21.7. The van der Waals surface area contributed by atoms with E-state index < -0.39 is 39.2 Å². The van der Waals surface area contributed by atoms with E-state index in [-0.39, 0.29) is 24.5 Å². The van der Waals surface area contributed by atoms with Crippen molar-refractivity contribution >= 4 is 27.7 Å². The lowest BCUT2D eigenvalue weighted by atomic mass is 9.89. The van der Waals surface area contributed by atoms with Crippen molar-refractivity contribution < 1.29 is 27.9 Å². The SMILES string of the molecule is CC1CS(=O)(=O)CCN1C(=O)NC(=O)CC(C)(C)C(=O)O. The minimum atomic E-state index is -3.15. The van der Waals surface area contributed by atoms with Crippen LogP contribution in [0.1, 0.15) is 27.2 Å². The van der Waals surface area contributed by atoms with Crippen molar-refractivity contribution in [1.29, 1.82) is 0 Å². The number of carbonyl (C=O) groups excluding carboxylic acids is 2. The summed E-state index contributed by atoms with van der Waals surface area (Å²) < 4.78 is 22.8. The van der Waals surface area contributed by atoms with Crippen LogP contribution in [0, 0.1) is 5.41 Å². The Morgan fingerprint density at radius 2 is 1.90 bits per heavy atom. The molecule has 1 aliphatic rings. The van der Waals surface area contributed by atoms with E-state index in [1.165, 1.54) is 18.7 Å². The molecule has 120 valence electrons. The third-order valence-electron chi connectivity index (χ3n) is 3.36. The van der Waals surface area contributed by atoms with Gasteiger partial charge in [0.15, 0.2) is 9.84 Å². The van der Waals surface area contributed by atoms with Crippen molar-refractivity contribution in [2.45, 2.75) is 33.2 Å². The molecule has 1 fully saturated rings. The molecule has 0 aromatic carbocycles. The number of carbonyl (C=O) groups is 3. The molecule has 8 nitrogen and oxygen atoms in total. The van der Waals surface area contributed by atoms with E-state index in [2.05, 4.69) is 5.32 Å². The summed E-state index contributed by atoms with van der Waals surface area (Å²) in [5.41, 5.74) is -1.28.